The van der Waals surface area contributed by atoms with E-state index in [1.54, 1.807) is 12.1 Å². The average Bonchev–Trinajstić information content (AvgIpc) is 2.88. The molecule has 6 heteroatoms. The Hall–Kier alpha value is -1.30. The van der Waals surface area contributed by atoms with Gasteiger partial charge in [-0.3, -0.25) is 9.69 Å². The number of thioether (sulfide) groups is 1. The van der Waals surface area contributed by atoms with Crippen LogP contribution in [0.3, 0.4) is 0 Å². The first-order chi connectivity index (χ1) is 10.6. The molecule has 0 bridgehead atoms. The third-order valence-electron chi connectivity index (χ3n) is 3.98. The van der Waals surface area contributed by atoms with Gasteiger partial charge in [-0.05, 0) is 34.6 Å². The van der Waals surface area contributed by atoms with Gasteiger partial charge < -0.3 is 4.74 Å². The molecule has 2 aliphatic heterocycles. The third-order valence-corrected chi connectivity index (χ3v) is 5.35. The standard InChI is InChI=1S/C16H16ClNO3S/c1-21-16(20)15(10-2-4-12(17)5-3-10)18-7-6-13-11(9-18)8-14(19)22-13/h2-5,15H,6-9H2,1H3/t15-/m0/s1. The molecule has 2 heterocycles. The van der Waals surface area contributed by atoms with Crippen LogP contribution in [0.2, 0.25) is 5.02 Å². The summed E-state index contributed by atoms with van der Waals surface area (Å²) < 4.78 is 4.98. The smallest absolute Gasteiger partial charge is 0.327 e. The number of hydrogen-bond acceptors (Lipinski definition) is 5. The molecule has 0 spiro atoms. The SMILES string of the molecule is COC(=O)[C@H](c1ccc(Cl)cc1)N1CCC2=C(CC(=O)S2)C1. The van der Waals surface area contributed by atoms with E-state index in [-0.39, 0.29) is 11.1 Å². The van der Waals surface area contributed by atoms with Crippen molar-refractivity contribution in [2.45, 2.75) is 18.9 Å². The number of nitrogens with zero attached hydrogens (tertiary/aromatic N) is 1. The van der Waals surface area contributed by atoms with Crippen LogP contribution in [0.4, 0.5) is 0 Å². The van der Waals surface area contributed by atoms with Gasteiger partial charge in [0.1, 0.15) is 6.04 Å². The Morgan fingerprint density at radius 1 is 1.36 bits per heavy atom. The number of halogens is 1. The average molecular weight is 338 g/mol. The second kappa shape index (κ2) is 6.44. The zero-order valence-corrected chi connectivity index (χ0v) is 13.7. The summed E-state index contributed by atoms with van der Waals surface area (Å²) in [5, 5.41) is 0.835. The molecule has 0 saturated carbocycles. The van der Waals surface area contributed by atoms with E-state index in [4.69, 9.17) is 16.3 Å². The first kappa shape index (κ1) is 15.6. The Morgan fingerprint density at radius 3 is 2.77 bits per heavy atom. The van der Waals surface area contributed by atoms with E-state index in [2.05, 4.69) is 4.90 Å². The lowest BCUT2D eigenvalue weighted by Crippen LogP contribution is -2.39. The van der Waals surface area contributed by atoms with Crippen molar-refractivity contribution in [2.24, 2.45) is 0 Å². The molecule has 22 heavy (non-hydrogen) atoms. The van der Waals surface area contributed by atoms with Crippen molar-refractivity contribution in [3.05, 3.63) is 45.3 Å². The maximum atomic E-state index is 12.3. The van der Waals surface area contributed by atoms with E-state index in [0.717, 1.165) is 24.1 Å². The summed E-state index contributed by atoms with van der Waals surface area (Å²) in [6, 6.07) is 6.79. The molecule has 1 atom stereocenters. The molecule has 0 aromatic heterocycles. The number of ether oxygens (including phenoxy) is 1. The summed E-state index contributed by atoms with van der Waals surface area (Å²) in [5.41, 5.74) is 2.00. The summed E-state index contributed by atoms with van der Waals surface area (Å²) in [4.78, 5) is 27.1. The maximum Gasteiger partial charge on any atom is 0.327 e. The Bertz CT molecular complexity index is 641. The van der Waals surface area contributed by atoms with Gasteiger partial charge in [-0.15, -0.1) is 0 Å². The molecule has 1 aromatic carbocycles. The van der Waals surface area contributed by atoms with Gasteiger partial charge in [0.05, 0.1) is 7.11 Å². The minimum atomic E-state index is -0.461. The Kier molecular flexibility index (Phi) is 4.57. The largest absolute Gasteiger partial charge is 0.468 e. The van der Waals surface area contributed by atoms with E-state index in [1.165, 1.54) is 23.8 Å². The molecule has 1 aromatic rings. The van der Waals surface area contributed by atoms with Crippen LogP contribution in [0.1, 0.15) is 24.4 Å². The van der Waals surface area contributed by atoms with Crippen LogP contribution >= 0.6 is 23.4 Å². The summed E-state index contributed by atoms with van der Waals surface area (Å²) in [6.45, 7) is 1.37. The van der Waals surface area contributed by atoms with Crippen LogP contribution in [0, 0.1) is 0 Å². The molecule has 2 aliphatic rings. The van der Waals surface area contributed by atoms with E-state index < -0.39 is 6.04 Å². The molecular weight excluding hydrogens is 322 g/mol. The second-order valence-electron chi connectivity index (χ2n) is 5.38. The monoisotopic (exact) mass is 337 g/mol. The van der Waals surface area contributed by atoms with Crippen molar-refractivity contribution < 1.29 is 14.3 Å². The van der Waals surface area contributed by atoms with Crippen molar-refractivity contribution in [3.8, 4) is 0 Å². The van der Waals surface area contributed by atoms with Crippen molar-refractivity contribution in [1.82, 2.24) is 4.90 Å². The van der Waals surface area contributed by atoms with Gasteiger partial charge in [-0.25, -0.2) is 4.79 Å². The quantitative estimate of drug-likeness (QED) is 0.793. The van der Waals surface area contributed by atoms with Crippen molar-refractivity contribution in [1.29, 1.82) is 0 Å². The lowest BCUT2D eigenvalue weighted by Gasteiger charge is -2.33. The Balaban J connectivity index is 1.86. The number of benzene rings is 1. The lowest BCUT2D eigenvalue weighted by molar-refractivity contribution is -0.147. The van der Waals surface area contributed by atoms with E-state index in [1.807, 2.05) is 12.1 Å². The molecule has 0 amide bonds. The fraction of sp³-hybridized carbons (Fsp3) is 0.375. The Morgan fingerprint density at radius 2 is 2.09 bits per heavy atom. The zero-order chi connectivity index (χ0) is 15.7. The molecule has 0 radical (unpaired) electrons. The summed E-state index contributed by atoms with van der Waals surface area (Å²) in [5.74, 6) is -0.289. The Labute approximate surface area is 138 Å². The number of carbonyl (C=O) groups is 2. The van der Waals surface area contributed by atoms with Crippen LogP contribution in [0.15, 0.2) is 34.7 Å². The van der Waals surface area contributed by atoms with E-state index in [9.17, 15) is 9.59 Å². The first-order valence-corrected chi connectivity index (χ1v) is 8.27. The van der Waals surface area contributed by atoms with Gasteiger partial charge >= 0.3 is 5.97 Å². The number of carbonyl (C=O) groups excluding carboxylic acids is 2. The van der Waals surface area contributed by atoms with E-state index in [0.29, 0.717) is 18.0 Å². The summed E-state index contributed by atoms with van der Waals surface area (Å²) in [6.07, 6.45) is 1.30. The van der Waals surface area contributed by atoms with Crippen molar-refractivity contribution in [2.75, 3.05) is 20.2 Å². The first-order valence-electron chi connectivity index (χ1n) is 7.07. The minimum Gasteiger partial charge on any atom is -0.468 e. The summed E-state index contributed by atoms with van der Waals surface area (Å²) in [7, 11) is 1.40. The van der Waals surface area contributed by atoms with E-state index >= 15 is 0 Å². The molecule has 0 N–H and O–H groups in total. The predicted molar refractivity (Wildman–Crippen MR) is 86.6 cm³/mol. The van der Waals surface area contributed by atoms with Crippen LogP contribution in [-0.4, -0.2) is 36.2 Å². The predicted octanol–water partition coefficient (Wildman–Crippen LogP) is 3.18. The second-order valence-corrected chi connectivity index (χ2v) is 6.96. The van der Waals surface area contributed by atoms with Crippen LogP contribution < -0.4 is 0 Å². The third kappa shape index (κ3) is 3.07. The van der Waals surface area contributed by atoms with Crippen LogP contribution in [-0.2, 0) is 14.3 Å². The molecule has 0 saturated heterocycles. The van der Waals surface area contributed by atoms with Gasteiger partial charge in [0.2, 0.25) is 0 Å². The number of rotatable bonds is 3. The van der Waals surface area contributed by atoms with Gasteiger partial charge in [0.15, 0.2) is 5.12 Å². The highest BCUT2D eigenvalue weighted by Gasteiger charge is 2.35. The number of hydrogen-bond donors (Lipinski definition) is 0. The zero-order valence-electron chi connectivity index (χ0n) is 12.2. The molecule has 0 fully saturated rings. The molecule has 0 aliphatic carbocycles. The molecular formula is C16H16ClNO3S. The highest BCUT2D eigenvalue weighted by molar-refractivity contribution is 8.17. The maximum absolute atomic E-state index is 12.3. The molecule has 3 rings (SSSR count). The molecule has 4 nitrogen and oxygen atoms in total. The van der Waals surface area contributed by atoms with Crippen molar-refractivity contribution >= 4 is 34.4 Å². The normalized spacial score (nSPS) is 20.0. The fourth-order valence-electron chi connectivity index (χ4n) is 2.93. The lowest BCUT2D eigenvalue weighted by atomic mass is 10.0. The van der Waals surface area contributed by atoms with Crippen LogP contribution in [0.25, 0.3) is 0 Å². The number of methoxy groups -OCH3 is 1. The van der Waals surface area contributed by atoms with Crippen molar-refractivity contribution in [3.63, 3.8) is 0 Å². The van der Waals surface area contributed by atoms with Gasteiger partial charge in [0, 0.05) is 24.5 Å². The number of esters is 1. The van der Waals surface area contributed by atoms with Crippen LogP contribution in [0.5, 0.6) is 0 Å². The molecule has 116 valence electrons. The highest BCUT2D eigenvalue weighted by atomic mass is 35.5. The van der Waals surface area contributed by atoms with Gasteiger partial charge in [-0.1, -0.05) is 35.5 Å². The topological polar surface area (TPSA) is 46.6 Å². The molecule has 0 unspecified atom stereocenters. The summed E-state index contributed by atoms with van der Waals surface area (Å²) >= 11 is 7.28. The minimum absolute atomic E-state index is 0.202. The highest BCUT2D eigenvalue weighted by Crippen LogP contribution is 2.40. The van der Waals surface area contributed by atoms with Gasteiger partial charge in [-0.2, -0.15) is 0 Å². The fourth-order valence-corrected chi connectivity index (χ4v) is 4.05. The van der Waals surface area contributed by atoms with Gasteiger partial charge in [0.25, 0.3) is 0 Å².